The van der Waals surface area contributed by atoms with Gasteiger partial charge in [0.2, 0.25) is 5.91 Å². The van der Waals surface area contributed by atoms with Gasteiger partial charge in [0.05, 0.1) is 36.7 Å². The van der Waals surface area contributed by atoms with Crippen molar-refractivity contribution < 1.29 is 27.8 Å². The van der Waals surface area contributed by atoms with E-state index in [0.717, 1.165) is 17.3 Å². The minimum absolute atomic E-state index is 0.0122. The number of nitrogens with one attached hydrogen (secondary N) is 1. The summed E-state index contributed by atoms with van der Waals surface area (Å²) in [6.45, 7) is 8.23. The molecule has 1 unspecified atom stereocenters. The molecule has 0 spiro atoms. The van der Waals surface area contributed by atoms with Crippen molar-refractivity contribution in [1.82, 2.24) is 25.3 Å². The predicted octanol–water partition coefficient (Wildman–Crippen LogP) is 4.09. The summed E-state index contributed by atoms with van der Waals surface area (Å²) in [6.07, 6.45) is -1.62. The molecule has 0 aliphatic heterocycles. The van der Waals surface area contributed by atoms with Crippen molar-refractivity contribution in [3.8, 4) is 5.75 Å². The largest absolute Gasteiger partial charge is 0.483 e. The number of carbonyl (C=O) groups excluding carboxylic acids is 1. The molecule has 0 radical (unpaired) electrons. The van der Waals surface area contributed by atoms with Crippen molar-refractivity contribution >= 4 is 5.91 Å². The Morgan fingerprint density at radius 1 is 1.05 bits per heavy atom. The number of aliphatic hydroxyl groups is 1. The fourth-order valence-corrected chi connectivity index (χ4v) is 3.41. The fraction of sp³-hybridized carbons (Fsp3) is 0.462. The van der Waals surface area contributed by atoms with Crippen molar-refractivity contribution in [3.05, 3.63) is 71.3 Å². The number of aromatic nitrogens is 4. The monoisotopic (exact) mass is 519 g/mol. The molecule has 3 aromatic rings. The number of amides is 1. The topological polar surface area (TPSA) is 102 Å². The van der Waals surface area contributed by atoms with E-state index in [1.165, 1.54) is 16.8 Å². The minimum atomic E-state index is -4.47. The lowest BCUT2D eigenvalue weighted by Gasteiger charge is -2.21. The van der Waals surface area contributed by atoms with Crippen LogP contribution in [-0.4, -0.2) is 50.4 Å². The van der Waals surface area contributed by atoms with E-state index in [1.807, 2.05) is 24.3 Å². The molecule has 0 bridgehead atoms. The van der Waals surface area contributed by atoms with Crippen molar-refractivity contribution in [2.45, 2.75) is 64.2 Å². The molecule has 0 aliphatic rings. The van der Waals surface area contributed by atoms with Crippen molar-refractivity contribution in [1.29, 1.82) is 0 Å². The summed E-state index contributed by atoms with van der Waals surface area (Å²) in [5, 5.41) is 20.8. The Hall–Kier alpha value is -3.47. The van der Waals surface area contributed by atoms with Crippen LogP contribution in [0.5, 0.6) is 5.75 Å². The summed E-state index contributed by atoms with van der Waals surface area (Å²) < 4.78 is 43.6. The van der Waals surface area contributed by atoms with Crippen molar-refractivity contribution in [2.75, 3.05) is 13.2 Å². The Labute approximate surface area is 213 Å². The molecule has 8 nitrogen and oxygen atoms in total. The van der Waals surface area contributed by atoms with Gasteiger partial charge < -0.3 is 15.2 Å². The van der Waals surface area contributed by atoms with Gasteiger partial charge in [-0.15, -0.1) is 5.10 Å². The first-order valence-corrected chi connectivity index (χ1v) is 11.8. The smallest absolute Gasteiger partial charge is 0.422 e. The number of nitrogens with zero attached hydrogens (tertiary/aromatic N) is 4. The standard InChI is InChI=1S/C26H32F3N5O3/c1-24(2,3)18-8-6-17(7-9-18)12-22(36)31-23(21-14-34(33-32-21)25(4,5)15-35)20-11-10-19(13-30-20)37-16-26(27,28)29/h6-11,13-14,23,35H,12,15-16H2,1-5H3,(H,31,36). The van der Waals surface area contributed by atoms with Crippen molar-refractivity contribution in [3.63, 3.8) is 0 Å². The highest BCUT2D eigenvalue weighted by atomic mass is 19.4. The van der Waals surface area contributed by atoms with Gasteiger partial charge in [0.15, 0.2) is 6.61 Å². The Kier molecular flexibility index (Phi) is 8.26. The van der Waals surface area contributed by atoms with Crippen LogP contribution in [0.15, 0.2) is 48.8 Å². The molecule has 0 fully saturated rings. The third-order valence-electron chi connectivity index (χ3n) is 5.76. The number of alkyl halides is 3. The van der Waals surface area contributed by atoms with E-state index in [0.29, 0.717) is 11.4 Å². The number of pyridine rings is 1. The molecule has 11 heteroatoms. The summed E-state index contributed by atoms with van der Waals surface area (Å²) >= 11 is 0. The quantitative estimate of drug-likeness (QED) is 0.442. The maximum Gasteiger partial charge on any atom is 0.422 e. The highest BCUT2D eigenvalue weighted by molar-refractivity contribution is 5.79. The van der Waals surface area contributed by atoms with Crippen LogP contribution in [0.25, 0.3) is 0 Å². The van der Waals surface area contributed by atoms with Gasteiger partial charge in [-0.2, -0.15) is 13.2 Å². The van der Waals surface area contributed by atoms with Crippen LogP contribution >= 0.6 is 0 Å². The number of rotatable bonds is 9. The zero-order chi connectivity index (χ0) is 27.4. The number of carbonyl (C=O) groups is 1. The van der Waals surface area contributed by atoms with Gasteiger partial charge in [0, 0.05) is 0 Å². The SMILES string of the molecule is CC(C)(C)c1ccc(CC(=O)NC(c2ccc(OCC(F)(F)F)cn2)c2cn(C(C)(C)CO)nn2)cc1. The molecule has 1 amide bonds. The first kappa shape index (κ1) is 28.1. The molecule has 1 atom stereocenters. The third-order valence-corrected chi connectivity index (χ3v) is 5.76. The van der Waals surface area contributed by atoms with Crippen LogP contribution in [0.3, 0.4) is 0 Å². The van der Waals surface area contributed by atoms with Crippen LogP contribution < -0.4 is 10.1 Å². The van der Waals surface area contributed by atoms with E-state index in [-0.39, 0.29) is 30.1 Å². The Morgan fingerprint density at radius 3 is 2.27 bits per heavy atom. The van der Waals surface area contributed by atoms with Crippen LogP contribution in [0.1, 0.15) is 63.2 Å². The van der Waals surface area contributed by atoms with E-state index in [2.05, 4.69) is 41.4 Å². The zero-order valence-corrected chi connectivity index (χ0v) is 21.5. The van der Waals surface area contributed by atoms with Crippen LogP contribution in [0.2, 0.25) is 0 Å². The van der Waals surface area contributed by atoms with Gasteiger partial charge >= 0.3 is 6.18 Å². The zero-order valence-electron chi connectivity index (χ0n) is 21.5. The fourth-order valence-electron chi connectivity index (χ4n) is 3.41. The number of hydrogen-bond donors (Lipinski definition) is 2. The lowest BCUT2D eigenvalue weighted by molar-refractivity contribution is -0.153. The molecule has 2 aromatic heterocycles. The number of aliphatic hydroxyl groups excluding tert-OH is 1. The number of hydrogen-bond acceptors (Lipinski definition) is 6. The van der Waals surface area contributed by atoms with Crippen molar-refractivity contribution in [2.24, 2.45) is 0 Å². The summed E-state index contributed by atoms with van der Waals surface area (Å²) in [5.74, 6) is -0.362. The lowest BCUT2D eigenvalue weighted by atomic mass is 9.86. The molecule has 1 aromatic carbocycles. The maximum absolute atomic E-state index is 13.0. The molecule has 0 saturated carbocycles. The van der Waals surface area contributed by atoms with E-state index in [9.17, 15) is 23.1 Å². The summed E-state index contributed by atoms with van der Waals surface area (Å²) in [5.41, 5.74) is 1.91. The van der Waals surface area contributed by atoms with E-state index in [1.54, 1.807) is 20.0 Å². The summed E-state index contributed by atoms with van der Waals surface area (Å²) in [6, 6.07) is 9.76. The molecule has 2 heterocycles. The van der Waals surface area contributed by atoms with Gasteiger partial charge in [-0.1, -0.05) is 50.3 Å². The average Bonchev–Trinajstić information content (AvgIpc) is 3.32. The second kappa shape index (κ2) is 10.9. The normalized spacial score (nSPS) is 13.3. The minimum Gasteiger partial charge on any atom is -0.483 e. The maximum atomic E-state index is 13.0. The summed E-state index contributed by atoms with van der Waals surface area (Å²) in [7, 11) is 0. The Morgan fingerprint density at radius 2 is 1.73 bits per heavy atom. The van der Waals surface area contributed by atoms with Gasteiger partial charge in [-0.05, 0) is 42.5 Å². The van der Waals surface area contributed by atoms with Crippen LogP contribution in [-0.2, 0) is 22.2 Å². The van der Waals surface area contributed by atoms with Crippen LogP contribution in [0, 0.1) is 0 Å². The second-order valence-corrected chi connectivity index (χ2v) is 10.5. The van der Waals surface area contributed by atoms with Gasteiger partial charge in [-0.3, -0.25) is 9.78 Å². The lowest BCUT2D eigenvalue weighted by Crippen LogP contribution is -2.32. The second-order valence-electron chi connectivity index (χ2n) is 10.5. The molecule has 0 aliphatic carbocycles. The first-order chi connectivity index (χ1) is 17.2. The molecular weight excluding hydrogens is 487 g/mol. The van der Waals surface area contributed by atoms with E-state index < -0.39 is 24.4 Å². The van der Waals surface area contributed by atoms with E-state index in [4.69, 9.17) is 4.74 Å². The van der Waals surface area contributed by atoms with Gasteiger partial charge in [-0.25, -0.2) is 4.68 Å². The highest BCUT2D eigenvalue weighted by Gasteiger charge is 2.29. The first-order valence-electron chi connectivity index (χ1n) is 11.8. The summed E-state index contributed by atoms with van der Waals surface area (Å²) in [4.78, 5) is 17.2. The van der Waals surface area contributed by atoms with Gasteiger partial charge in [0.1, 0.15) is 17.5 Å². The average molecular weight is 520 g/mol. The molecule has 0 saturated heterocycles. The number of benzene rings is 1. The number of halogens is 3. The molecule has 2 N–H and O–H groups in total. The third kappa shape index (κ3) is 7.75. The Balaban J connectivity index is 1.83. The van der Waals surface area contributed by atoms with E-state index >= 15 is 0 Å². The number of ether oxygens (including phenoxy) is 1. The molecule has 37 heavy (non-hydrogen) atoms. The molecule has 200 valence electrons. The highest BCUT2D eigenvalue weighted by Crippen LogP contribution is 2.25. The van der Waals surface area contributed by atoms with Crippen LogP contribution in [0.4, 0.5) is 13.2 Å². The predicted molar refractivity (Wildman–Crippen MR) is 131 cm³/mol. The molecule has 3 rings (SSSR count). The Bertz CT molecular complexity index is 1180. The van der Waals surface area contributed by atoms with Gasteiger partial charge in [0.25, 0.3) is 0 Å². The molecular formula is C26H32F3N5O3.